The molecular formula is C15H14FNO2. The molecule has 1 aromatic carbocycles. The van der Waals surface area contributed by atoms with Crippen LogP contribution in [0.3, 0.4) is 0 Å². The van der Waals surface area contributed by atoms with Crippen LogP contribution in [0, 0.1) is 5.82 Å². The second kappa shape index (κ2) is 4.30. The van der Waals surface area contributed by atoms with E-state index < -0.39 is 11.8 Å². The summed E-state index contributed by atoms with van der Waals surface area (Å²) in [6.07, 6.45) is 2.64. The monoisotopic (exact) mass is 259 g/mol. The molecule has 0 aliphatic heterocycles. The Morgan fingerprint density at radius 2 is 2.26 bits per heavy atom. The normalized spacial score (nSPS) is 18.3. The van der Waals surface area contributed by atoms with E-state index in [9.17, 15) is 14.3 Å². The fourth-order valence-corrected chi connectivity index (χ4v) is 2.94. The zero-order valence-electron chi connectivity index (χ0n) is 10.6. The number of pyridine rings is 1. The van der Waals surface area contributed by atoms with E-state index in [4.69, 9.17) is 0 Å². The Kier molecular flexibility index (Phi) is 2.73. The van der Waals surface area contributed by atoms with Gasteiger partial charge in [0.2, 0.25) is 0 Å². The summed E-state index contributed by atoms with van der Waals surface area (Å²) >= 11 is 0. The summed E-state index contributed by atoms with van der Waals surface area (Å²) in [6, 6.07) is 4.49. The summed E-state index contributed by atoms with van der Waals surface area (Å²) in [6.45, 7) is 2.02. The average Bonchev–Trinajstić information content (AvgIpc) is 2.37. The number of aromatic nitrogens is 1. The minimum Gasteiger partial charge on any atom is -0.478 e. The molecule has 19 heavy (non-hydrogen) atoms. The van der Waals surface area contributed by atoms with Crippen LogP contribution in [0.15, 0.2) is 18.2 Å². The number of aromatic carboxylic acids is 1. The lowest BCUT2D eigenvalue weighted by Gasteiger charge is -2.23. The molecule has 0 amide bonds. The fraction of sp³-hybridized carbons (Fsp3) is 0.333. The molecule has 0 saturated heterocycles. The summed E-state index contributed by atoms with van der Waals surface area (Å²) < 4.78 is 13.9. The van der Waals surface area contributed by atoms with Crippen molar-refractivity contribution in [3.05, 3.63) is 40.8 Å². The third kappa shape index (κ3) is 1.79. The number of fused-ring (bicyclic) bond motifs is 2. The van der Waals surface area contributed by atoms with Gasteiger partial charge in [0.05, 0.1) is 5.56 Å². The molecule has 1 unspecified atom stereocenters. The van der Waals surface area contributed by atoms with Crippen LogP contribution in [0.25, 0.3) is 10.9 Å². The molecule has 1 N–H and O–H groups in total. The molecule has 98 valence electrons. The van der Waals surface area contributed by atoms with Crippen molar-refractivity contribution in [3.63, 3.8) is 0 Å². The van der Waals surface area contributed by atoms with Crippen LogP contribution in [-0.2, 0) is 6.42 Å². The van der Waals surface area contributed by atoms with Crippen molar-refractivity contribution in [1.29, 1.82) is 0 Å². The largest absolute Gasteiger partial charge is 0.478 e. The lowest BCUT2D eigenvalue weighted by molar-refractivity contribution is 0.0697. The topological polar surface area (TPSA) is 50.2 Å². The Bertz CT molecular complexity index is 681. The Hall–Kier alpha value is -1.97. The van der Waals surface area contributed by atoms with Crippen molar-refractivity contribution >= 4 is 16.9 Å². The highest BCUT2D eigenvalue weighted by Crippen LogP contribution is 2.35. The Labute approximate surface area is 110 Å². The Balaban J connectivity index is 2.45. The maximum absolute atomic E-state index is 13.9. The van der Waals surface area contributed by atoms with Gasteiger partial charge < -0.3 is 5.11 Å². The minimum absolute atomic E-state index is 0.174. The second-order valence-electron chi connectivity index (χ2n) is 5.09. The molecule has 3 nitrogen and oxygen atoms in total. The first-order valence-electron chi connectivity index (χ1n) is 6.44. The molecule has 1 atom stereocenters. The van der Waals surface area contributed by atoms with Crippen molar-refractivity contribution in [3.8, 4) is 0 Å². The summed E-state index contributed by atoms with van der Waals surface area (Å²) in [5.41, 5.74) is 1.93. The van der Waals surface area contributed by atoms with Gasteiger partial charge >= 0.3 is 5.97 Å². The van der Waals surface area contributed by atoms with Crippen LogP contribution < -0.4 is 0 Å². The van der Waals surface area contributed by atoms with Crippen LogP contribution >= 0.6 is 0 Å². The van der Waals surface area contributed by atoms with Crippen molar-refractivity contribution in [2.24, 2.45) is 0 Å². The van der Waals surface area contributed by atoms with E-state index in [0.717, 1.165) is 24.1 Å². The third-order valence-corrected chi connectivity index (χ3v) is 3.84. The Morgan fingerprint density at radius 3 is 3.00 bits per heavy atom. The molecule has 1 aliphatic rings. The first-order valence-corrected chi connectivity index (χ1v) is 6.44. The van der Waals surface area contributed by atoms with E-state index in [2.05, 4.69) is 4.98 Å². The van der Waals surface area contributed by atoms with Gasteiger partial charge in [0.25, 0.3) is 0 Å². The highest BCUT2D eigenvalue weighted by Gasteiger charge is 2.26. The second-order valence-corrected chi connectivity index (χ2v) is 5.09. The highest BCUT2D eigenvalue weighted by molar-refractivity contribution is 6.04. The predicted octanol–water partition coefficient (Wildman–Crippen LogP) is 3.51. The number of halogens is 1. The zero-order valence-corrected chi connectivity index (χ0v) is 10.6. The maximum Gasteiger partial charge on any atom is 0.336 e. The van der Waals surface area contributed by atoms with Gasteiger partial charge in [-0.05, 0) is 36.8 Å². The summed E-state index contributed by atoms with van der Waals surface area (Å²) in [7, 11) is 0. The Morgan fingerprint density at radius 1 is 1.47 bits per heavy atom. The van der Waals surface area contributed by atoms with Gasteiger partial charge in [-0.1, -0.05) is 19.1 Å². The molecule has 0 fully saturated rings. The van der Waals surface area contributed by atoms with Crippen LogP contribution in [0.1, 0.15) is 47.3 Å². The standard InChI is InChI=1S/C15H14FNO2/c1-8-4-2-5-9-12(15(18)19)10-6-3-7-11(16)14(10)17-13(8)9/h3,6-8H,2,4-5H2,1H3,(H,18,19). The van der Waals surface area contributed by atoms with E-state index >= 15 is 0 Å². The molecule has 3 rings (SSSR count). The quantitative estimate of drug-likeness (QED) is 0.852. The van der Waals surface area contributed by atoms with Crippen LogP contribution in [0.4, 0.5) is 4.39 Å². The van der Waals surface area contributed by atoms with E-state index in [0.29, 0.717) is 11.8 Å². The first-order chi connectivity index (χ1) is 9.09. The van der Waals surface area contributed by atoms with E-state index in [-0.39, 0.29) is 17.0 Å². The molecule has 1 aromatic heterocycles. The fourth-order valence-electron chi connectivity index (χ4n) is 2.94. The highest BCUT2D eigenvalue weighted by atomic mass is 19.1. The third-order valence-electron chi connectivity index (χ3n) is 3.84. The molecule has 0 saturated carbocycles. The molecule has 0 bridgehead atoms. The van der Waals surface area contributed by atoms with E-state index in [1.165, 1.54) is 12.1 Å². The number of carbonyl (C=O) groups is 1. The number of hydrogen-bond donors (Lipinski definition) is 1. The molecule has 1 heterocycles. The lowest BCUT2D eigenvalue weighted by Crippen LogP contribution is -2.16. The number of nitrogens with zero attached hydrogens (tertiary/aromatic N) is 1. The van der Waals surface area contributed by atoms with Crippen LogP contribution in [0.5, 0.6) is 0 Å². The molecular weight excluding hydrogens is 245 g/mol. The van der Waals surface area contributed by atoms with E-state index in [1.54, 1.807) is 6.07 Å². The van der Waals surface area contributed by atoms with Crippen molar-refractivity contribution < 1.29 is 14.3 Å². The molecule has 4 heteroatoms. The van der Waals surface area contributed by atoms with Gasteiger partial charge in [0.1, 0.15) is 11.3 Å². The predicted molar refractivity (Wildman–Crippen MR) is 70.0 cm³/mol. The molecule has 2 aromatic rings. The first kappa shape index (κ1) is 12.1. The summed E-state index contributed by atoms with van der Waals surface area (Å²) in [5, 5.41) is 9.87. The van der Waals surface area contributed by atoms with Crippen molar-refractivity contribution in [2.45, 2.75) is 32.1 Å². The van der Waals surface area contributed by atoms with Gasteiger partial charge in [-0.3, -0.25) is 0 Å². The summed E-state index contributed by atoms with van der Waals surface area (Å²) in [4.78, 5) is 16.0. The van der Waals surface area contributed by atoms with Gasteiger partial charge in [-0.2, -0.15) is 0 Å². The number of carboxylic acid groups (broad SMARTS) is 1. The van der Waals surface area contributed by atoms with Gasteiger partial charge in [0, 0.05) is 11.1 Å². The summed E-state index contributed by atoms with van der Waals surface area (Å²) in [5.74, 6) is -1.27. The van der Waals surface area contributed by atoms with Gasteiger partial charge in [0.15, 0.2) is 0 Å². The lowest BCUT2D eigenvalue weighted by atomic mass is 9.84. The SMILES string of the molecule is CC1CCCc2c1nc1c(F)cccc1c2C(=O)O. The minimum atomic E-state index is -0.997. The van der Waals surface area contributed by atoms with Crippen LogP contribution in [-0.4, -0.2) is 16.1 Å². The van der Waals surface area contributed by atoms with Crippen molar-refractivity contribution in [1.82, 2.24) is 4.98 Å². The zero-order chi connectivity index (χ0) is 13.6. The number of para-hydroxylation sites is 1. The number of carboxylic acids is 1. The van der Waals surface area contributed by atoms with E-state index in [1.807, 2.05) is 6.92 Å². The molecule has 0 radical (unpaired) electrons. The van der Waals surface area contributed by atoms with Crippen molar-refractivity contribution in [2.75, 3.05) is 0 Å². The average molecular weight is 259 g/mol. The number of benzene rings is 1. The number of hydrogen-bond acceptors (Lipinski definition) is 2. The van der Waals surface area contributed by atoms with Crippen LogP contribution in [0.2, 0.25) is 0 Å². The van der Waals surface area contributed by atoms with Gasteiger partial charge in [-0.25, -0.2) is 14.2 Å². The maximum atomic E-state index is 13.9. The smallest absolute Gasteiger partial charge is 0.336 e. The van der Waals surface area contributed by atoms with Gasteiger partial charge in [-0.15, -0.1) is 0 Å². The molecule has 0 spiro atoms. The number of rotatable bonds is 1. The molecule has 1 aliphatic carbocycles.